The summed E-state index contributed by atoms with van der Waals surface area (Å²) in [5, 5.41) is 8.32. The molecule has 0 bridgehead atoms. The molecule has 36 heavy (non-hydrogen) atoms. The second-order valence-electron chi connectivity index (χ2n) is 8.24. The van der Waals surface area contributed by atoms with E-state index in [9.17, 15) is 18.8 Å². The molecule has 0 aliphatic heterocycles. The maximum absolute atomic E-state index is 13.5. The van der Waals surface area contributed by atoms with Crippen molar-refractivity contribution in [3.05, 3.63) is 87.5 Å². The lowest BCUT2D eigenvalue weighted by atomic mass is 10.0. The molecule has 0 spiro atoms. The van der Waals surface area contributed by atoms with Gasteiger partial charge in [-0.3, -0.25) is 9.59 Å². The van der Waals surface area contributed by atoms with Crippen molar-refractivity contribution in [3.63, 3.8) is 0 Å². The standard InChI is InChI=1S/C26H28FN5O4/c1-14-11-18(7-8-19(14)25(35)36-5)16(3)30-24(34)22-12-21(31-26(28-4)32-22)23(33)29-13-17-6-9-20(27)15(2)10-17/h6-12,16H,13H2,1-5H3,(H,29,33)(H,30,34)(H,28,31,32)/t16-/m0/s1. The molecule has 0 saturated carbocycles. The molecule has 188 valence electrons. The average Bonchev–Trinajstić information content (AvgIpc) is 2.88. The van der Waals surface area contributed by atoms with Crippen LogP contribution < -0.4 is 16.0 Å². The van der Waals surface area contributed by atoms with E-state index in [0.29, 0.717) is 11.1 Å². The van der Waals surface area contributed by atoms with Gasteiger partial charge < -0.3 is 20.7 Å². The van der Waals surface area contributed by atoms with Crippen molar-refractivity contribution in [1.82, 2.24) is 20.6 Å². The number of amides is 2. The molecule has 3 aromatic rings. The molecule has 0 radical (unpaired) electrons. The van der Waals surface area contributed by atoms with E-state index in [0.717, 1.165) is 16.7 Å². The number of carbonyl (C=O) groups is 3. The van der Waals surface area contributed by atoms with Crippen LogP contribution in [0, 0.1) is 19.7 Å². The summed E-state index contributed by atoms with van der Waals surface area (Å²) in [4.78, 5) is 45.8. The molecule has 1 aromatic heterocycles. The van der Waals surface area contributed by atoms with Gasteiger partial charge in [0, 0.05) is 19.7 Å². The Balaban J connectivity index is 1.74. The van der Waals surface area contributed by atoms with Crippen molar-refractivity contribution in [2.45, 2.75) is 33.4 Å². The largest absolute Gasteiger partial charge is 0.465 e. The van der Waals surface area contributed by atoms with Crippen LogP contribution in [0.2, 0.25) is 0 Å². The topological polar surface area (TPSA) is 122 Å². The number of aromatic nitrogens is 2. The van der Waals surface area contributed by atoms with Crippen LogP contribution in [-0.2, 0) is 11.3 Å². The first-order valence-electron chi connectivity index (χ1n) is 11.2. The molecule has 0 fully saturated rings. The number of ether oxygens (including phenoxy) is 1. The summed E-state index contributed by atoms with van der Waals surface area (Å²) in [6, 6.07) is 10.7. The maximum Gasteiger partial charge on any atom is 0.338 e. The van der Waals surface area contributed by atoms with Crippen molar-refractivity contribution in [3.8, 4) is 0 Å². The van der Waals surface area contributed by atoms with Crippen LogP contribution in [0.3, 0.4) is 0 Å². The number of benzene rings is 2. The number of nitrogens with one attached hydrogen (secondary N) is 3. The number of methoxy groups -OCH3 is 1. The highest BCUT2D eigenvalue weighted by Crippen LogP contribution is 2.19. The van der Waals surface area contributed by atoms with Crippen LogP contribution >= 0.6 is 0 Å². The SMILES string of the molecule is CNc1nc(C(=O)NCc2ccc(F)c(C)c2)cc(C(=O)N[C@@H](C)c2ccc(C(=O)OC)c(C)c2)n1. The summed E-state index contributed by atoms with van der Waals surface area (Å²) in [7, 11) is 2.90. The molecule has 0 aliphatic rings. The number of aryl methyl sites for hydroxylation is 2. The van der Waals surface area contributed by atoms with Crippen molar-refractivity contribution in [2.75, 3.05) is 19.5 Å². The lowest BCUT2D eigenvalue weighted by Crippen LogP contribution is -2.29. The Bertz CT molecular complexity index is 1310. The summed E-state index contributed by atoms with van der Waals surface area (Å²) < 4.78 is 18.2. The molecule has 10 heteroatoms. The van der Waals surface area contributed by atoms with Gasteiger partial charge in [0.2, 0.25) is 5.95 Å². The highest BCUT2D eigenvalue weighted by atomic mass is 19.1. The number of hydrogen-bond donors (Lipinski definition) is 3. The molecular weight excluding hydrogens is 465 g/mol. The Hall–Kier alpha value is -4.34. The second-order valence-corrected chi connectivity index (χ2v) is 8.24. The van der Waals surface area contributed by atoms with E-state index in [1.165, 1.54) is 19.2 Å². The Morgan fingerprint density at radius 1 is 0.972 bits per heavy atom. The summed E-state index contributed by atoms with van der Waals surface area (Å²) in [6.45, 7) is 5.39. The summed E-state index contributed by atoms with van der Waals surface area (Å²) in [6.07, 6.45) is 0. The molecular formula is C26H28FN5O4. The van der Waals surface area contributed by atoms with Crippen molar-refractivity contribution in [1.29, 1.82) is 0 Å². The molecule has 0 aliphatic carbocycles. The Morgan fingerprint density at radius 3 is 2.28 bits per heavy atom. The number of esters is 1. The minimum absolute atomic E-state index is 0.00395. The van der Waals surface area contributed by atoms with Crippen LogP contribution in [0.5, 0.6) is 0 Å². The highest BCUT2D eigenvalue weighted by Gasteiger charge is 2.19. The first-order valence-corrected chi connectivity index (χ1v) is 11.2. The van der Waals surface area contributed by atoms with Gasteiger partial charge in [0.25, 0.3) is 11.8 Å². The molecule has 0 unspecified atom stereocenters. The zero-order chi connectivity index (χ0) is 26.4. The van der Waals surface area contributed by atoms with Crippen molar-refractivity contribution < 1.29 is 23.5 Å². The van der Waals surface area contributed by atoms with E-state index in [2.05, 4.69) is 25.9 Å². The van der Waals surface area contributed by atoms with Crippen LogP contribution in [0.25, 0.3) is 0 Å². The summed E-state index contributed by atoms with van der Waals surface area (Å²) >= 11 is 0. The summed E-state index contributed by atoms with van der Waals surface area (Å²) in [5.41, 5.74) is 3.16. The van der Waals surface area contributed by atoms with E-state index in [1.807, 2.05) is 0 Å². The molecule has 3 N–H and O–H groups in total. The lowest BCUT2D eigenvalue weighted by molar-refractivity contribution is 0.0599. The predicted molar refractivity (Wildman–Crippen MR) is 132 cm³/mol. The molecule has 0 saturated heterocycles. The van der Waals surface area contributed by atoms with Crippen molar-refractivity contribution >= 4 is 23.7 Å². The van der Waals surface area contributed by atoms with Gasteiger partial charge in [0.1, 0.15) is 17.2 Å². The third kappa shape index (κ3) is 6.21. The quantitative estimate of drug-likeness (QED) is 0.411. The first kappa shape index (κ1) is 26.3. The van der Waals surface area contributed by atoms with Crippen molar-refractivity contribution in [2.24, 2.45) is 0 Å². The van der Waals surface area contributed by atoms with Gasteiger partial charge in [-0.05, 0) is 55.2 Å². The van der Waals surface area contributed by atoms with Gasteiger partial charge in [-0.2, -0.15) is 0 Å². The van der Waals surface area contributed by atoms with Gasteiger partial charge >= 0.3 is 5.97 Å². The molecule has 9 nitrogen and oxygen atoms in total. The number of anilines is 1. The number of halogens is 1. The average molecular weight is 494 g/mol. The first-order chi connectivity index (χ1) is 17.1. The van der Waals surface area contributed by atoms with E-state index < -0.39 is 23.8 Å². The van der Waals surface area contributed by atoms with Gasteiger partial charge in [-0.15, -0.1) is 0 Å². The zero-order valence-corrected chi connectivity index (χ0v) is 20.7. The Kier molecular flexibility index (Phi) is 8.31. The molecule has 3 rings (SSSR count). The normalized spacial score (nSPS) is 11.4. The van der Waals surface area contributed by atoms with E-state index in [-0.39, 0.29) is 29.7 Å². The number of nitrogens with zero attached hydrogens (tertiary/aromatic N) is 2. The minimum atomic E-state index is -0.507. The Labute approximate surface area is 208 Å². The second kappa shape index (κ2) is 11.4. The Morgan fingerprint density at radius 2 is 1.67 bits per heavy atom. The monoisotopic (exact) mass is 493 g/mol. The minimum Gasteiger partial charge on any atom is -0.465 e. The fraction of sp³-hybridized carbons (Fsp3) is 0.269. The van der Waals surface area contributed by atoms with Crippen LogP contribution in [0.4, 0.5) is 10.3 Å². The summed E-state index contributed by atoms with van der Waals surface area (Å²) in [5.74, 6) is -1.65. The zero-order valence-electron chi connectivity index (χ0n) is 20.7. The van der Waals surface area contributed by atoms with E-state index in [1.54, 1.807) is 58.2 Å². The number of carbonyl (C=O) groups excluding carboxylic acids is 3. The molecule has 2 aromatic carbocycles. The van der Waals surface area contributed by atoms with Gasteiger partial charge in [-0.25, -0.2) is 19.2 Å². The number of hydrogen-bond acceptors (Lipinski definition) is 7. The third-order valence-electron chi connectivity index (χ3n) is 5.59. The maximum atomic E-state index is 13.5. The molecule has 2 amide bonds. The number of rotatable bonds is 8. The fourth-order valence-corrected chi connectivity index (χ4v) is 3.53. The predicted octanol–water partition coefficient (Wildman–Crippen LogP) is 3.48. The third-order valence-corrected chi connectivity index (χ3v) is 5.59. The smallest absolute Gasteiger partial charge is 0.338 e. The van der Waals surface area contributed by atoms with Gasteiger partial charge in [0.05, 0.1) is 18.7 Å². The van der Waals surface area contributed by atoms with Gasteiger partial charge in [-0.1, -0.05) is 24.3 Å². The van der Waals surface area contributed by atoms with E-state index >= 15 is 0 Å². The molecule has 1 atom stereocenters. The highest BCUT2D eigenvalue weighted by molar-refractivity contribution is 5.98. The fourth-order valence-electron chi connectivity index (χ4n) is 3.53. The van der Waals surface area contributed by atoms with Crippen LogP contribution in [0.1, 0.15) is 66.6 Å². The molecule has 1 heterocycles. The van der Waals surface area contributed by atoms with Gasteiger partial charge in [0.15, 0.2) is 0 Å². The van der Waals surface area contributed by atoms with Crippen LogP contribution in [-0.4, -0.2) is 41.9 Å². The van der Waals surface area contributed by atoms with E-state index in [4.69, 9.17) is 4.74 Å². The van der Waals surface area contributed by atoms with Crippen LogP contribution in [0.15, 0.2) is 42.5 Å². The lowest BCUT2D eigenvalue weighted by Gasteiger charge is -2.16.